The van der Waals surface area contributed by atoms with Crippen LogP contribution in [-0.4, -0.2) is 33.4 Å². The third-order valence-electron chi connectivity index (χ3n) is 3.38. The minimum Gasteiger partial charge on any atom is -0.360 e. The number of carbonyl (C=O) groups is 1. The molecule has 0 bridgehead atoms. The highest BCUT2D eigenvalue weighted by molar-refractivity contribution is 5.89. The molecule has 7 nitrogen and oxygen atoms in total. The molecule has 0 aromatic carbocycles. The second-order valence-electron chi connectivity index (χ2n) is 5.09. The molecule has 1 amide bonds. The monoisotopic (exact) mass is 291 g/mol. The van der Waals surface area contributed by atoms with Crippen molar-refractivity contribution >= 4 is 11.7 Å². The number of aromatic nitrogens is 3. The Morgan fingerprint density at radius 1 is 1.48 bits per heavy atom. The van der Waals surface area contributed by atoms with E-state index in [0.717, 1.165) is 0 Å². The molecule has 0 aliphatic carbocycles. The zero-order valence-corrected chi connectivity index (χ0v) is 12.5. The van der Waals surface area contributed by atoms with Crippen molar-refractivity contribution in [1.29, 1.82) is 0 Å². The molecule has 2 N–H and O–H groups in total. The number of amides is 1. The molecule has 0 aliphatic heterocycles. The summed E-state index contributed by atoms with van der Waals surface area (Å²) in [6.07, 6.45) is 4.07. The van der Waals surface area contributed by atoms with Crippen molar-refractivity contribution in [2.45, 2.75) is 39.3 Å². The number of hydrogen-bond donors (Lipinski definition) is 2. The van der Waals surface area contributed by atoms with Crippen LogP contribution in [-0.2, 0) is 4.79 Å². The molecule has 0 saturated heterocycles. The normalized spacial score (nSPS) is 13.9. The van der Waals surface area contributed by atoms with Crippen LogP contribution in [0, 0.1) is 6.92 Å². The molecule has 0 fully saturated rings. The van der Waals surface area contributed by atoms with Gasteiger partial charge in [-0.15, -0.1) is 0 Å². The van der Waals surface area contributed by atoms with Gasteiger partial charge in [-0.05, 0) is 26.8 Å². The first-order valence-corrected chi connectivity index (χ1v) is 7.02. The van der Waals surface area contributed by atoms with E-state index < -0.39 is 0 Å². The smallest absolute Gasteiger partial charge is 0.226 e. The topological polar surface area (TPSA) is 85.0 Å². The van der Waals surface area contributed by atoms with Gasteiger partial charge in [0.1, 0.15) is 5.76 Å². The number of rotatable bonds is 7. The van der Waals surface area contributed by atoms with Crippen molar-refractivity contribution in [1.82, 2.24) is 20.3 Å². The first kappa shape index (κ1) is 15.2. The largest absolute Gasteiger partial charge is 0.360 e. The van der Waals surface area contributed by atoms with E-state index in [0.29, 0.717) is 24.5 Å². The first-order valence-electron chi connectivity index (χ1n) is 7.02. The van der Waals surface area contributed by atoms with E-state index in [-0.39, 0.29) is 18.0 Å². The van der Waals surface area contributed by atoms with Crippen LogP contribution in [0.5, 0.6) is 0 Å². The standard InChI is InChI=1S/C14H21N5O2/c1-10-9-13(18-21-10)17-14(20)5-7-15-11(2)12(3)19-8-4-6-16-19/h4,6,8-9,11-12,15H,5,7H2,1-3H3,(H,17,18,20)/t11-,12-/m0/s1. The quantitative estimate of drug-likeness (QED) is 0.811. The number of carbonyl (C=O) groups excluding carboxylic acids is 1. The summed E-state index contributed by atoms with van der Waals surface area (Å²) in [6, 6.07) is 4.03. The number of aryl methyl sites for hydroxylation is 1. The van der Waals surface area contributed by atoms with Crippen LogP contribution in [0.4, 0.5) is 5.82 Å². The number of anilines is 1. The Morgan fingerprint density at radius 3 is 2.90 bits per heavy atom. The predicted molar refractivity (Wildman–Crippen MR) is 78.9 cm³/mol. The Bertz CT molecular complexity index is 564. The Balaban J connectivity index is 1.70. The maximum Gasteiger partial charge on any atom is 0.226 e. The van der Waals surface area contributed by atoms with Crippen LogP contribution in [0.25, 0.3) is 0 Å². The molecule has 114 valence electrons. The number of nitrogens with one attached hydrogen (secondary N) is 2. The van der Waals surface area contributed by atoms with Gasteiger partial charge in [-0.3, -0.25) is 9.48 Å². The third-order valence-corrected chi connectivity index (χ3v) is 3.38. The summed E-state index contributed by atoms with van der Waals surface area (Å²) in [6.45, 7) is 6.53. The molecule has 2 atom stereocenters. The van der Waals surface area contributed by atoms with E-state index in [1.165, 1.54) is 0 Å². The van der Waals surface area contributed by atoms with Gasteiger partial charge < -0.3 is 15.2 Å². The molecular weight excluding hydrogens is 270 g/mol. The molecule has 0 unspecified atom stereocenters. The summed E-state index contributed by atoms with van der Waals surface area (Å²) in [4.78, 5) is 11.8. The highest BCUT2D eigenvalue weighted by Crippen LogP contribution is 2.09. The van der Waals surface area contributed by atoms with Crippen molar-refractivity contribution in [3.8, 4) is 0 Å². The van der Waals surface area contributed by atoms with Crippen LogP contribution in [0.2, 0.25) is 0 Å². The summed E-state index contributed by atoms with van der Waals surface area (Å²) in [5, 5.41) is 14.0. The fourth-order valence-electron chi connectivity index (χ4n) is 1.97. The van der Waals surface area contributed by atoms with Gasteiger partial charge >= 0.3 is 0 Å². The molecular formula is C14H21N5O2. The average molecular weight is 291 g/mol. The van der Waals surface area contributed by atoms with E-state index in [1.54, 1.807) is 19.2 Å². The van der Waals surface area contributed by atoms with E-state index in [4.69, 9.17) is 4.52 Å². The maximum absolute atomic E-state index is 11.8. The predicted octanol–water partition coefficient (Wildman–Crippen LogP) is 1.75. The van der Waals surface area contributed by atoms with Crippen LogP contribution in [0.15, 0.2) is 29.0 Å². The SMILES string of the molecule is Cc1cc(NC(=O)CCN[C@@H](C)[C@H](C)n2cccn2)no1. The molecule has 2 rings (SSSR count). The molecule has 2 heterocycles. The number of hydrogen-bond acceptors (Lipinski definition) is 5. The highest BCUT2D eigenvalue weighted by atomic mass is 16.5. The van der Waals surface area contributed by atoms with Crippen molar-refractivity contribution in [2.75, 3.05) is 11.9 Å². The minimum absolute atomic E-state index is 0.0882. The molecule has 0 radical (unpaired) electrons. The van der Waals surface area contributed by atoms with Crippen LogP contribution in [0.1, 0.15) is 32.1 Å². The van der Waals surface area contributed by atoms with E-state index >= 15 is 0 Å². The van der Waals surface area contributed by atoms with Crippen LogP contribution >= 0.6 is 0 Å². The van der Waals surface area contributed by atoms with Gasteiger partial charge in [0, 0.05) is 37.5 Å². The Kier molecular flexibility index (Phi) is 5.10. The Labute approximate surface area is 123 Å². The van der Waals surface area contributed by atoms with E-state index in [9.17, 15) is 4.79 Å². The molecule has 21 heavy (non-hydrogen) atoms. The van der Waals surface area contributed by atoms with Gasteiger partial charge in [0.2, 0.25) is 5.91 Å². The van der Waals surface area contributed by atoms with Crippen molar-refractivity contribution in [2.24, 2.45) is 0 Å². The summed E-state index contributed by atoms with van der Waals surface area (Å²) in [5.41, 5.74) is 0. The lowest BCUT2D eigenvalue weighted by atomic mass is 10.1. The van der Waals surface area contributed by atoms with E-state index in [2.05, 4.69) is 34.7 Å². The van der Waals surface area contributed by atoms with Gasteiger partial charge in [-0.25, -0.2) is 0 Å². The first-order chi connectivity index (χ1) is 10.1. The van der Waals surface area contributed by atoms with Gasteiger partial charge in [-0.1, -0.05) is 5.16 Å². The fourth-order valence-corrected chi connectivity index (χ4v) is 1.97. The van der Waals surface area contributed by atoms with Crippen molar-refractivity contribution < 1.29 is 9.32 Å². The van der Waals surface area contributed by atoms with Gasteiger partial charge in [0.15, 0.2) is 5.82 Å². The molecule has 0 spiro atoms. The third kappa shape index (κ3) is 4.42. The van der Waals surface area contributed by atoms with Gasteiger partial charge in [-0.2, -0.15) is 5.10 Å². The van der Waals surface area contributed by atoms with Crippen molar-refractivity contribution in [3.63, 3.8) is 0 Å². The van der Waals surface area contributed by atoms with E-state index in [1.807, 2.05) is 16.9 Å². The second-order valence-corrected chi connectivity index (χ2v) is 5.09. The van der Waals surface area contributed by atoms with Gasteiger partial charge in [0.25, 0.3) is 0 Å². The molecule has 0 aliphatic rings. The Morgan fingerprint density at radius 2 is 2.29 bits per heavy atom. The maximum atomic E-state index is 11.8. The average Bonchev–Trinajstić information content (AvgIpc) is 3.09. The van der Waals surface area contributed by atoms with Crippen molar-refractivity contribution in [3.05, 3.63) is 30.3 Å². The van der Waals surface area contributed by atoms with Crippen LogP contribution < -0.4 is 10.6 Å². The molecule has 2 aromatic rings. The lowest BCUT2D eigenvalue weighted by Gasteiger charge is -2.21. The lowest BCUT2D eigenvalue weighted by molar-refractivity contribution is -0.116. The zero-order chi connectivity index (χ0) is 15.2. The van der Waals surface area contributed by atoms with Crippen LogP contribution in [0.3, 0.4) is 0 Å². The molecule has 0 saturated carbocycles. The lowest BCUT2D eigenvalue weighted by Crippen LogP contribution is -2.35. The Hall–Kier alpha value is -2.15. The summed E-state index contributed by atoms with van der Waals surface area (Å²) < 4.78 is 6.79. The minimum atomic E-state index is -0.0882. The molecule has 2 aromatic heterocycles. The number of nitrogens with zero attached hydrogens (tertiary/aromatic N) is 3. The summed E-state index contributed by atoms with van der Waals surface area (Å²) in [5.74, 6) is 1.04. The summed E-state index contributed by atoms with van der Waals surface area (Å²) in [7, 11) is 0. The highest BCUT2D eigenvalue weighted by Gasteiger charge is 2.14. The summed E-state index contributed by atoms with van der Waals surface area (Å²) >= 11 is 0. The van der Waals surface area contributed by atoms with Gasteiger partial charge in [0.05, 0.1) is 6.04 Å². The fraction of sp³-hybridized carbons (Fsp3) is 0.500. The zero-order valence-electron chi connectivity index (χ0n) is 12.5. The molecule has 7 heteroatoms. The second kappa shape index (κ2) is 7.03.